The molecule has 0 amide bonds. The monoisotopic (exact) mass is 272 g/mol. The van der Waals surface area contributed by atoms with Gasteiger partial charge in [-0.1, -0.05) is 0 Å². The van der Waals surface area contributed by atoms with Crippen molar-refractivity contribution in [3.63, 3.8) is 0 Å². The molecule has 2 aromatic rings. The number of thiazole rings is 1. The van der Waals surface area contributed by atoms with Crippen LogP contribution in [0.3, 0.4) is 0 Å². The molecule has 0 saturated carbocycles. The molecule has 1 aromatic carbocycles. The first-order valence-electron chi connectivity index (χ1n) is 4.84. The van der Waals surface area contributed by atoms with Crippen molar-refractivity contribution in [3.8, 4) is 0 Å². The van der Waals surface area contributed by atoms with E-state index in [0.717, 1.165) is 34.6 Å². The van der Waals surface area contributed by atoms with Crippen LogP contribution in [-0.2, 0) is 5.75 Å². The normalized spacial score (nSPS) is 10.8. The van der Waals surface area contributed by atoms with E-state index in [2.05, 4.69) is 4.98 Å². The summed E-state index contributed by atoms with van der Waals surface area (Å²) in [6, 6.07) is 2.25. The SMILES string of the molecule is Cc1csc(CSc2c(F)cc(N)cc2F)n1. The molecule has 0 radical (unpaired) electrons. The molecule has 0 aliphatic heterocycles. The van der Waals surface area contributed by atoms with Crippen molar-refractivity contribution in [1.82, 2.24) is 4.98 Å². The molecule has 0 unspecified atom stereocenters. The van der Waals surface area contributed by atoms with Crippen LogP contribution in [0.2, 0.25) is 0 Å². The Morgan fingerprint density at radius 2 is 2.00 bits per heavy atom. The molecule has 17 heavy (non-hydrogen) atoms. The lowest BCUT2D eigenvalue weighted by Crippen LogP contribution is -1.93. The zero-order valence-corrected chi connectivity index (χ0v) is 10.7. The summed E-state index contributed by atoms with van der Waals surface area (Å²) in [7, 11) is 0. The second-order valence-corrected chi connectivity index (χ2v) is 5.41. The molecular formula is C11H10F2N2S2. The van der Waals surface area contributed by atoms with Crippen molar-refractivity contribution in [2.75, 3.05) is 5.73 Å². The number of nitrogens with zero attached hydrogens (tertiary/aromatic N) is 1. The highest BCUT2D eigenvalue weighted by molar-refractivity contribution is 7.98. The second kappa shape index (κ2) is 5.01. The van der Waals surface area contributed by atoms with Crippen molar-refractivity contribution < 1.29 is 8.78 Å². The Labute approximate surface area is 106 Å². The number of aromatic nitrogens is 1. The number of nitrogen functional groups attached to an aromatic ring is 1. The van der Waals surface area contributed by atoms with E-state index in [-0.39, 0.29) is 10.6 Å². The molecule has 1 aromatic heterocycles. The predicted molar refractivity (Wildman–Crippen MR) is 67.2 cm³/mol. The third-order valence-corrected chi connectivity index (χ3v) is 4.27. The van der Waals surface area contributed by atoms with Gasteiger partial charge < -0.3 is 5.73 Å². The van der Waals surface area contributed by atoms with Gasteiger partial charge in [-0.05, 0) is 19.1 Å². The van der Waals surface area contributed by atoms with E-state index >= 15 is 0 Å². The Bertz CT molecular complexity index is 517. The van der Waals surface area contributed by atoms with Crippen LogP contribution in [0.15, 0.2) is 22.4 Å². The van der Waals surface area contributed by atoms with E-state index in [1.165, 1.54) is 11.3 Å². The van der Waals surface area contributed by atoms with Crippen LogP contribution in [-0.4, -0.2) is 4.98 Å². The largest absolute Gasteiger partial charge is 0.399 e. The molecule has 0 bridgehead atoms. The number of thioether (sulfide) groups is 1. The van der Waals surface area contributed by atoms with Gasteiger partial charge in [0, 0.05) is 16.8 Å². The van der Waals surface area contributed by atoms with Crippen molar-refractivity contribution in [1.29, 1.82) is 0 Å². The van der Waals surface area contributed by atoms with Gasteiger partial charge in [0.1, 0.15) is 16.6 Å². The van der Waals surface area contributed by atoms with Gasteiger partial charge in [0.25, 0.3) is 0 Å². The van der Waals surface area contributed by atoms with Crippen LogP contribution < -0.4 is 5.73 Å². The first-order chi connectivity index (χ1) is 8.06. The Hall–Kier alpha value is -1.14. The smallest absolute Gasteiger partial charge is 0.141 e. The molecule has 2 nitrogen and oxygen atoms in total. The fraction of sp³-hybridized carbons (Fsp3) is 0.182. The molecule has 0 aliphatic rings. The lowest BCUT2D eigenvalue weighted by atomic mass is 10.3. The number of halogens is 2. The van der Waals surface area contributed by atoms with Gasteiger partial charge in [-0.3, -0.25) is 0 Å². The van der Waals surface area contributed by atoms with E-state index in [4.69, 9.17) is 5.73 Å². The number of aryl methyl sites for hydroxylation is 1. The number of hydrogen-bond donors (Lipinski definition) is 1. The summed E-state index contributed by atoms with van der Waals surface area (Å²) in [4.78, 5) is 4.22. The first kappa shape index (κ1) is 12.3. The maximum atomic E-state index is 13.5. The molecule has 6 heteroatoms. The van der Waals surface area contributed by atoms with E-state index in [1.807, 2.05) is 12.3 Å². The number of hydrogen-bond acceptors (Lipinski definition) is 4. The van der Waals surface area contributed by atoms with E-state index in [9.17, 15) is 8.78 Å². The number of benzene rings is 1. The van der Waals surface area contributed by atoms with Gasteiger partial charge >= 0.3 is 0 Å². The Kier molecular flexibility index (Phi) is 3.63. The summed E-state index contributed by atoms with van der Waals surface area (Å²) in [6.07, 6.45) is 0. The highest BCUT2D eigenvalue weighted by Crippen LogP contribution is 2.30. The third-order valence-electron chi connectivity index (χ3n) is 2.03. The van der Waals surface area contributed by atoms with Gasteiger partial charge in [0.05, 0.1) is 10.6 Å². The average Bonchev–Trinajstić information content (AvgIpc) is 2.62. The molecule has 90 valence electrons. The molecule has 1 heterocycles. The average molecular weight is 272 g/mol. The highest BCUT2D eigenvalue weighted by atomic mass is 32.2. The maximum Gasteiger partial charge on any atom is 0.141 e. The summed E-state index contributed by atoms with van der Waals surface area (Å²) in [5, 5.41) is 2.76. The van der Waals surface area contributed by atoms with Crippen LogP contribution in [0.4, 0.5) is 14.5 Å². The molecular weight excluding hydrogens is 262 g/mol. The molecule has 2 N–H and O–H groups in total. The maximum absolute atomic E-state index is 13.5. The Morgan fingerprint density at radius 1 is 1.35 bits per heavy atom. The van der Waals surface area contributed by atoms with Crippen molar-refractivity contribution in [2.45, 2.75) is 17.6 Å². The van der Waals surface area contributed by atoms with Crippen LogP contribution in [0, 0.1) is 18.6 Å². The number of anilines is 1. The van der Waals surface area contributed by atoms with Gasteiger partial charge in [-0.15, -0.1) is 23.1 Å². The van der Waals surface area contributed by atoms with Gasteiger partial charge in [-0.2, -0.15) is 0 Å². The fourth-order valence-electron chi connectivity index (χ4n) is 1.32. The van der Waals surface area contributed by atoms with Gasteiger partial charge in [-0.25, -0.2) is 13.8 Å². The molecule has 0 aliphatic carbocycles. The van der Waals surface area contributed by atoms with Crippen molar-refractivity contribution in [3.05, 3.63) is 39.8 Å². The van der Waals surface area contributed by atoms with E-state index in [0.29, 0.717) is 5.75 Å². The second-order valence-electron chi connectivity index (χ2n) is 3.48. The zero-order chi connectivity index (χ0) is 12.4. The minimum absolute atomic E-state index is 0.00736. The summed E-state index contributed by atoms with van der Waals surface area (Å²) in [5.74, 6) is -0.794. The molecule has 0 atom stereocenters. The summed E-state index contributed by atoms with van der Waals surface area (Å²) in [6.45, 7) is 1.88. The van der Waals surface area contributed by atoms with E-state index < -0.39 is 11.6 Å². The standard InChI is InChI=1S/C11H10F2N2S2/c1-6-4-16-10(15-6)5-17-11-8(12)2-7(14)3-9(11)13/h2-4H,5,14H2,1H3. The topological polar surface area (TPSA) is 38.9 Å². The molecule has 0 spiro atoms. The molecule has 0 fully saturated rings. The number of nitrogens with two attached hydrogens (primary N) is 1. The third kappa shape index (κ3) is 2.95. The highest BCUT2D eigenvalue weighted by Gasteiger charge is 2.11. The van der Waals surface area contributed by atoms with Crippen LogP contribution in [0.25, 0.3) is 0 Å². The van der Waals surface area contributed by atoms with Crippen molar-refractivity contribution in [2.24, 2.45) is 0 Å². The Balaban J connectivity index is 2.14. The minimum Gasteiger partial charge on any atom is -0.399 e. The van der Waals surface area contributed by atoms with E-state index in [1.54, 1.807) is 0 Å². The summed E-state index contributed by atoms with van der Waals surface area (Å²) in [5.41, 5.74) is 6.35. The van der Waals surface area contributed by atoms with Crippen LogP contribution in [0.1, 0.15) is 10.7 Å². The minimum atomic E-state index is -0.624. The lowest BCUT2D eigenvalue weighted by molar-refractivity contribution is 0.542. The summed E-state index contributed by atoms with van der Waals surface area (Å²) < 4.78 is 26.9. The lowest BCUT2D eigenvalue weighted by Gasteiger charge is -2.04. The van der Waals surface area contributed by atoms with Crippen LogP contribution >= 0.6 is 23.1 Å². The molecule has 0 saturated heterocycles. The Morgan fingerprint density at radius 3 is 2.53 bits per heavy atom. The number of rotatable bonds is 3. The fourth-order valence-corrected chi connectivity index (χ4v) is 3.05. The molecule has 2 rings (SSSR count). The first-order valence-corrected chi connectivity index (χ1v) is 6.71. The summed E-state index contributed by atoms with van der Waals surface area (Å²) >= 11 is 2.57. The van der Waals surface area contributed by atoms with Gasteiger partial charge in [0.2, 0.25) is 0 Å². The zero-order valence-electron chi connectivity index (χ0n) is 9.04. The quantitative estimate of drug-likeness (QED) is 0.685. The van der Waals surface area contributed by atoms with Crippen LogP contribution in [0.5, 0.6) is 0 Å². The van der Waals surface area contributed by atoms with Crippen molar-refractivity contribution >= 4 is 28.8 Å². The van der Waals surface area contributed by atoms with Gasteiger partial charge in [0.15, 0.2) is 0 Å². The predicted octanol–water partition coefficient (Wildman–Crippen LogP) is 3.60.